The lowest BCUT2D eigenvalue weighted by Gasteiger charge is -2.11. The minimum absolute atomic E-state index is 0.00238. The molecular weight excluding hydrogens is 258 g/mol. The highest BCUT2D eigenvalue weighted by Gasteiger charge is 2.19. The first-order chi connectivity index (χ1) is 9.03. The first-order valence-corrected chi connectivity index (χ1v) is 5.42. The smallest absolute Gasteiger partial charge is 0.387 e. The number of rotatable bonds is 5. The predicted molar refractivity (Wildman–Crippen MR) is 61.6 cm³/mol. The Bertz CT molecular complexity index is 512. The van der Waals surface area contributed by atoms with Crippen molar-refractivity contribution >= 4 is 5.97 Å². The van der Waals surface area contributed by atoms with Gasteiger partial charge in [-0.2, -0.15) is 14.0 Å². The van der Waals surface area contributed by atoms with E-state index in [0.29, 0.717) is 0 Å². The van der Waals surface area contributed by atoms with E-state index in [9.17, 15) is 13.6 Å². The lowest BCUT2D eigenvalue weighted by molar-refractivity contribution is -0.0499. The van der Waals surface area contributed by atoms with Crippen molar-refractivity contribution in [3.8, 4) is 11.8 Å². The highest BCUT2D eigenvalue weighted by atomic mass is 19.3. The molecule has 0 atom stereocenters. The molecule has 5 nitrogen and oxygen atoms in total. The molecule has 0 unspecified atom stereocenters. The topological polar surface area (TPSA) is 85.3 Å². The van der Waals surface area contributed by atoms with Crippen LogP contribution in [-0.4, -0.2) is 19.2 Å². The molecule has 2 N–H and O–H groups in total. The molecule has 0 aliphatic carbocycles. The van der Waals surface area contributed by atoms with Crippen LogP contribution in [0.2, 0.25) is 0 Å². The molecule has 19 heavy (non-hydrogen) atoms. The summed E-state index contributed by atoms with van der Waals surface area (Å²) in [4.78, 5) is 11.7. The van der Waals surface area contributed by atoms with Crippen LogP contribution in [0.5, 0.6) is 5.75 Å². The van der Waals surface area contributed by atoms with E-state index in [0.717, 1.165) is 6.07 Å². The standard InChI is InChI=1S/C12H12F2N2O3/c1-2-18-11(17)9-4-8(19-12(13)14)3-7(5-15)10(9)6-16/h3-4,12H,2,5,15H2,1H3. The molecule has 0 aliphatic heterocycles. The Morgan fingerprint density at radius 2 is 2.21 bits per heavy atom. The Balaban J connectivity index is 3.32. The Morgan fingerprint density at radius 1 is 1.53 bits per heavy atom. The van der Waals surface area contributed by atoms with Crippen molar-refractivity contribution in [3.05, 3.63) is 28.8 Å². The molecule has 0 saturated heterocycles. The van der Waals surface area contributed by atoms with Gasteiger partial charge in [0.1, 0.15) is 11.8 Å². The highest BCUT2D eigenvalue weighted by Crippen LogP contribution is 2.24. The molecule has 0 heterocycles. The predicted octanol–water partition coefficient (Wildman–Crippen LogP) is 1.80. The molecule has 0 aromatic heterocycles. The summed E-state index contributed by atoms with van der Waals surface area (Å²) in [5, 5.41) is 9.02. The van der Waals surface area contributed by atoms with Crippen molar-refractivity contribution in [3.63, 3.8) is 0 Å². The van der Waals surface area contributed by atoms with E-state index >= 15 is 0 Å². The molecular formula is C12H12F2N2O3. The summed E-state index contributed by atoms with van der Waals surface area (Å²) in [6, 6.07) is 4.06. The molecule has 0 spiro atoms. The van der Waals surface area contributed by atoms with Crippen molar-refractivity contribution in [1.29, 1.82) is 5.26 Å². The molecule has 0 saturated carbocycles. The summed E-state index contributed by atoms with van der Waals surface area (Å²) in [6.07, 6.45) is 0. The fraction of sp³-hybridized carbons (Fsp3) is 0.333. The second-order valence-electron chi connectivity index (χ2n) is 3.42. The molecule has 0 amide bonds. The summed E-state index contributed by atoms with van der Waals surface area (Å²) in [7, 11) is 0. The molecule has 0 fully saturated rings. The number of benzene rings is 1. The van der Waals surface area contributed by atoms with Gasteiger partial charge in [-0.3, -0.25) is 0 Å². The third kappa shape index (κ3) is 3.63. The van der Waals surface area contributed by atoms with Gasteiger partial charge < -0.3 is 15.2 Å². The number of nitrogens with zero attached hydrogens (tertiary/aromatic N) is 1. The first-order valence-electron chi connectivity index (χ1n) is 5.42. The van der Waals surface area contributed by atoms with Crippen LogP contribution >= 0.6 is 0 Å². The van der Waals surface area contributed by atoms with Gasteiger partial charge in [-0.15, -0.1) is 0 Å². The SMILES string of the molecule is CCOC(=O)c1cc(OC(F)F)cc(CN)c1C#N. The Morgan fingerprint density at radius 3 is 2.68 bits per heavy atom. The van der Waals surface area contributed by atoms with Gasteiger partial charge in [0.05, 0.1) is 17.7 Å². The van der Waals surface area contributed by atoms with Crippen LogP contribution in [0.25, 0.3) is 0 Å². The van der Waals surface area contributed by atoms with E-state index in [1.54, 1.807) is 6.92 Å². The summed E-state index contributed by atoms with van der Waals surface area (Å²) >= 11 is 0. The van der Waals surface area contributed by atoms with Crippen LogP contribution in [0.1, 0.15) is 28.4 Å². The third-order valence-electron chi connectivity index (χ3n) is 2.25. The zero-order valence-electron chi connectivity index (χ0n) is 10.2. The molecule has 1 aromatic rings. The fourth-order valence-electron chi connectivity index (χ4n) is 1.51. The van der Waals surface area contributed by atoms with Gasteiger partial charge in [-0.1, -0.05) is 0 Å². The summed E-state index contributed by atoms with van der Waals surface area (Å²) in [5.74, 6) is -1.02. The van der Waals surface area contributed by atoms with Crippen molar-refractivity contribution in [2.45, 2.75) is 20.1 Å². The van der Waals surface area contributed by atoms with E-state index in [2.05, 4.69) is 4.74 Å². The third-order valence-corrected chi connectivity index (χ3v) is 2.25. The number of nitriles is 1. The Labute approximate surface area is 108 Å². The van der Waals surface area contributed by atoms with Gasteiger partial charge in [0, 0.05) is 6.54 Å². The number of esters is 1. The lowest BCUT2D eigenvalue weighted by Crippen LogP contribution is -2.12. The van der Waals surface area contributed by atoms with Gasteiger partial charge in [0.2, 0.25) is 0 Å². The number of hydrogen-bond donors (Lipinski definition) is 1. The van der Waals surface area contributed by atoms with Crippen LogP contribution < -0.4 is 10.5 Å². The monoisotopic (exact) mass is 270 g/mol. The normalized spacial score (nSPS) is 10.1. The van der Waals surface area contributed by atoms with Crippen LogP contribution in [0.15, 0.2) is 12.1 Å². The van der Waals surface area contributed by atoms with E-state index in [4.69, 9.17) is 15.7 Å². The second-order valence-corrected chi connectivity index (χ2v) is 3.42. The number of hydrogen-bond acceptors (Lipinski definition) is 5. The molecule has 1 aromatic carbocycles. The largest absolute Gasteiger partial charge is 0.462 e. The van der Waals surface area contributed by atoms with E-state index in [1.807, 2.05) is 6.07 Å². The van der Waals surface area contributed by atoms with Gasteiger partial charge >= 0.3 is 12.6 Å². The van der Waals surface area contributed by atoms with Gasteiger partial charge in [-0.05, 0) is 24.6 Å². The average molecular weight is 270 g/mol. The van der Waals surface area contributed by atoms with Crippen molar-refractivity contribution in [1.82, 2.24) is 0 Å². The number of carbonyl (C=O) groups is 1. The van der Waals surface area contributed by atoms with Crippen LogP contribution in [-0.2, 0) is 11.3 Å². The van der Waals surface area contributed by atoms with Gasteiger partial charge in [-0.25, -0.2) is 4.79 Å². The van der Waals surface area contributed by atoms with Crippen molar-refractivity contribution in [2.75, 3.05) is 6.61 Å². The maximum Gasteiger partial charge on any atom is 0.387 e. The number of ether oxygens (including phenoxy) is 2. The summed E-state index contributed by atoms with van der Waals surface area (Å²) in [6.45, 7) is -1.43. The van der Waals surface area contributed by atoms with E-state index in [1.165, 1.54) is 6.07 Å². The van der Waals surface area contributed by atoms with E-state index < -0.39 is 12.6 Å². The summed E-state index contributed by atoms with van der Waals surface area (Å²) in [5.41, 5.74) is 5.53. The van der Waals surface area contributed by atoms with Gasteiger partial charge in [0.25, 0.3) is 0 Å². The highest BCUT2D eigenvalue weighted by molar-refractivity contribution is 5.93. The number of halogens is 2. The Kier molecular flexibility index (Phi) is 5.21. The van der Waals surface area contributed by atoms with Gasteiger partial charge in [0.15, 0.2) is 0 Å². The molecule has 0 radical (unpaired) electrons. The van der Waals surface area contributed by atoms with Crippen LogP contribution in [0.3, 0.4) is 0 Å². The first kappa shape index (κ1) is 14.9. The molecule has 0 aliphatic rings. The zero-order chi connectivity index (χ0) is 14.4. The number of alkyl halides is 2. The molecule has 1 rings (SSSR count). The summed E-state index contributed by atoms with van der Waals surface area (Å²) < 4.78 is 33.3. The molecule has 0 bridgehead atoms. The molecule has 102 valence electrons. The minimum atomic E-state index is -3.03. The minimum Gasteiger partial charge on any atom is -0.462 e. The maximum absolute atomic E-state index is 12.2. The zero-order valence-corrected chi connectivity index (χ0v) is 10.2. The average Bonchev–Trinajstić information content (AvgIpc) is 2.37. The fourth-order valence-corrected chi connectivity index (χ4v) is 1.51. The van der Waals surface area contributed by atoms with E-state index in [-0.39, 0.29) is 35.6 Å². The van der Waals surface area contributed by atoms with Crippen LogP contribution in [0, 0.1) is 11.3 Å². The lowest BCUT2D eigenvalue weighted by atomic mass is 10.0. The second kappa shape index (κ2) is 6.66. The van der Waals surface area contributed by atoms with Crippen molar-refractivity contribution in [2.24, 2.45) is 5.73 Å². The van der Waals surface area contributed by atoms with Crippen LogP contribution in [0.4, 0.5) is 8.78 Å². The number of nitrogens with two attached hydrogens (primary N) is 1. The van der Waals surface area contributed by atoms with Crippen molar-refractivity contribution < 1.29 is 23.0 Å². The quantitative estimate of drug-likeness (QED) is 0.824. The number of carbonyl (C=O) groups excluding carboxylic acids is 1. The molecule has 7 heteroatoms. The Hall–Kier alpha value is -2.20. The maximum atomic E-state index is 12.2.